The van der Waals surface area contributed by atoms with E-state index in [4.69, 9.17) is 11.6 Å². The quantitative estimate of drug-likeness (QED) is 0.901. The molecule has 0 aromatic heterocycles. The van der Waals surface area contributed by atoms with E-state index in [0.717, 1.165) is 43.8 Å². The molecule has 4 heteroatoms. The van der Waals surface area contributed by atoms with E-state index in [2.05, 4.69) is 41.1 Å². The molecule has 1 N–H and O–H groups in total. The van der Waals surface area contributed by atoms with Gasteiger partial charge in [0, 0.05) is 55.5 Å². The molecule has 3 rings (SSSR count). The Labute approximate surface area is 133 Å². The fourth-order valence-corrected chi connectivity index (χ4v) is 3.17. The van der Waals surface area contributed by atoms with E-state index in [9.17, 15) is 0 Å². The Morgan fingerprint density at radius 1 is 1.19 bits per heavy atom. The van der Waals surface area contributed by atoms with Gasteiger partial charge in [-0.25, -0.2) is 0 Å². The second kappa shape index (κ2) is 6.55. The van der Waals surface area contributed by atoms with Crippen LogP contribution in [0.4, 0.5) is 5.69 Å². The fourth-order valence-electron chi connectivity index (χ4n) is 3.00. The molecule has 0 bridgehead atoms. The van der Waals surface area contributed by atoms with E-state index >= 15 is 0 Å². The van der Waals surface area contributed by atoms with Gasteiger partial charge in [0.2, 0.25) is 0 Å². The van der Waals surface area contributed by atoms with Gasteiger partial charge in [-0.05, 0) is 44.4 Å². The first-order valence-corrected chi connectivity index (χ1v) is 8.52. The second-order valence-corrected chi connectivity index (χ2v) is 6.98. The van der Waals surface area contributed by atoms with Gasteiger partial charge in [0.05, 0.1) is 0 Å². The van der Waals surface area contributed by atoms with Gasteiger partial charge >= 0.3 is 0 Å². The molecule has 0 unspecified atom stereocenters. The van der Waals surface area contributed by atoms with Crippen LogP contribution in [0.3, 0.4) is 0 Å². The van der Waals surface area contributed by atoms with E-state index < -0.39 is 0 Å². The lowest BCUT2D eigenvalue weighted by molar-refractivity contribution is 0.209. The first kappa shape index (κ1) is 15.1. The third-order valence-corrected chi connectivity index (χ3v) is 4.83. The Morgan fingerprint density at radius 3 is 2.52 bits per heavy atom. The molecular weight excluding hydrogens is 282 g/mol. The third kappa shape index (κ3) is 3.91. The predicted octanol–water partition coefficient (Wildman–Crippen LogP) is 3.12. The molecule has 3 nitrogen and oxygen atoms in total. The van der Waals surface area contributed by atoms with Crippen LogP contribution in [0.25, 0.3) is 0 Å². The van der Waals surface area contributed by atoms with Crippen LogP contribution in [-0.2, 0) is 6.54 Å². The second-order valence-electron chi connectivity index (χ2n) is 6.54. The van der Waals surface area contributed by atoms with E-state index in [1.54, 1.807) is 0 Å². The molecule has 0 spiro atoms. The normalized spacial score (nSPS) is 20.3. The van der Waals surface area contributed by atoms with Gasteiger partial charge in [0.25, 0.3) is 0 Å². The number of hydrogen-bond acceptors (Lipinski definition) is 3. The lowest BCUT2D eigenvalue weighted by Gasteiger charge is -2.39. The highest BCUT2D eigenvalue weighted by atomic mass is 35.5. The Kier molecular flexibility index (Phi) is 4.72. The van der Waals surface area contributed by atoms with Crippen molar-refractivity contribution in [2.45, 2.75) is 45.3 Å². The fraction of sp³-hybridized carbons (Fsp3) is 0.647. The lowest BCUT2D eigenvalue weighted by atomic mass is 10.1. The van der Waals surface area contributed by atoms with Crippen LogP contribution >= 0.6 is 11.6 Å². The Balaban J connectivity index is 1.69. The highest BCUT2D eigenvalue weighted by Crippen LogP contribution is 2.27. The molecule has 1 saturated carbocycles. The summed E-state index contributed by atoms with van der Waals surface area (Å²) in [6.45, 7) is 9.98. The zero-order chi connectivity index (χ0) is 14.8. The third-order valence-electron chi connectivity index (χ3n) is 4.59. The molecule has 2 aliphatic rings. The number of piperazine rings is 1. The largest absolute Gasteiger partial charge is 0.369 e. The Morgan fingerprint density at radius 2 is 1.90 bits per heavy atom. The van der Waals surface area contributed by atoms with Gasteiger partial charge in [0.15, 0.2) is 0 Å². The molecule has 0 atom stereocenters. The summed E-state index contributed by atoms with van der Waals surface area (Å²) in [4.78, 5) is 5.04. The minimum atomic E-state index is 0.641. The molecule has 1 saturated heterocycles. The maximum Gasteiger partial charge on any atom is 0.0427 e. The van der Waals surface area contributed by atoms with Gasteiger partial charge in [0.1, 0.15) is 0 Å². The standard InChI is InChI=1S/C17H26ClN3/c1-13(2)20-7-9-21(10-8-20)17-11-15(18)4-3-14(17)12-19-16-5-6-16/h3-4,11,13,16,19H,5-10,12H2,1-2H3. The number of nitrogens with one attached hydrogen (secondary N) is 1. The van der Waals surface area contributed by atoms with Gasteiger partial charge in [-0.15, -0.1) is 0 Å². The molecule has 0 radical (unpaired) electrons. The summed E-state index contributed by atoms with van der Waals surface area (Å²) < 4.78 is 0. The summed E-state index contributed by atoms with van der Waals surface area (Å²) in [5, 5.41) is 4.46. The van der Waals surface area contributed by atoms with E-state index in [-0.39, 0.29) is 0 Å². The van der Waals surface area contributed by atoms with E-state index in [0.29, 0.717) is 6.04 Å². The smallest absolute Gasteiger partial charge is 0.0427 e. The first-order valence-electron chi connectivity index (χ1n) is 8.14. The number of nitrogens with zero attached hydrogens (tertiary/aromatic N) is 2. The minimum Gasteiger partial charge on any atom is -0.369 e. The van der Waals surface area contributed by atoms with Crippen molar-refractivity contribution < 1.29 is 0 Å². The van der Waals surface area contributed by atoms with Crippen LogP contribution in [0.5, 0.6) is 0 Å². The van der Waals surface area contributed by atoms with Crippen molar-refractivity contribution >= 4 is 17.3 Å². The summed E-state index contributed by atoms with van der Waals surface area (Å²) in [5.41, 5.74) is 2.70. The summed E-state index contributed by atoms with van der Waals surface area (Å²) in [7, 11) is 0. The molecule has 1 heterocycles. The van der Waals surface area contributed by atoms with E-state index in [1.807, 2.05) is 6.07 Å². The van der Waals surface area contributed by atoms with E-state index in [1.165, 1.54) is 24.1 Å². The number of hydrogen-bond donors (Lipinski definition) is 1. The molecule has 1 aromatic rings. The van der Waals surface area contributed by atoms with Crippen LogP contribution in [0.1, 0.15) is 32.3 Å². The summed E-state index contributed by atoms with van der Waals surface area (Å²) in [6, 6.07) is 7.71. The summed E-state index contributed by atoms with van der Waals surface area (Å²) >= 11 is 6.23. The number of benzene rings is 1. The maximum absolute atomic E-state index is 6.23. The van der Waals surface area contributed by atoms with Gasteiger partial charge < -0.3 is 10.2 Å². The number of rotatable bonds is 5. The van der Waals surface area contributed by atoms with Crippen molar-refractivity contribution in [2.75, 3.05) is 31.1 Å². The number of anilines is 1. The van der Waals surface area contributed by atoms with Crippen molar-refractivity contribution in [3.05, 3.63) is 28.8 Å². The SMILES string of the molecule is CC(C)N1CCN(c2cc(Cl)ccc2CNC2CC2)CC1. The summed E-state index contributed by atoms with van der Waals surface area (Å²) in [6.07, 6.45) is 2.66. The zero-order valence-electron chi connectivity index (χ0n) is 13.1. The molecule has 116 valence electrons. The Bertz CT molecular complexity index is 477. The van der Waals surface area contributed by atoms with Crippen LogP contribution in [-0.4, -0.2) is 43.2 Å². The average Bonchev–Trinajstić information content (AvgIpc) is 3.30. The van der Waals surface area contributed by atoms with Crippen molar-refractivity contribution in [2.24, 2.45) is 0 Å². The molecule has 1 aliphatic heterocycles. The Hall–Kier alpha value is -0.770. The highest BCUT2D eigenvalue weighted by Gasteiger charge is 2.23. The van der Waals surface area contributed by atoms with Crippen LogP contribution in [0.15, 0.2) is 18.2 Å². The van der Waals surface area contributed by atoms with Crippen LogP contribution in [0.2, 0.25) is 5.02 Å². The topological polar surface area (TPSA) is 18.5 Å². The van der Waals surface area contributed by atoms with Crippen LogP contribution < -0.4 is 10.2 Å². The van der Waals surface area contributed by atoms with Crippen molar-refractivity contribution in [3.8, 4) is 0 Å². The minimum absolute atomic E-state index is 0.641. The molecule has 0 amide bonds. The number of halogens is 1. The molecule has 21 heavy (non-hydrogen) atoms. The van der Waals surface area contributed by atoms with Crippen molar-refractivity contribution in [3.63, 3.8) is 0 Å². The van der Waals surface area contributed by atoms with Crippen LogP contribution in [0, 0.1) is 0 Å². The van der Waals surface area contributed by atoms with Crippen molar-refractivity contribution in [1.82, 2.24) is 10.2 Å². The van der Waals surface area contributed by atoms with Crippen molar-refractivity contribution in [1.29, 1.82) is 0 Å². The molecule has 1 aromatic carbocycles. The first-order chi connectivity index (χ1) is 10.1. The molecular formula is C17H26ClN3. The predicted molar refractivity (Wildman–Crippen MR) is 90.2 cm³/mol. The maximum atomic E-state index is 6.23. The lowest BCUT2D eigenvalue weighted by Crippen LogP contribution is -2.49. The molecule has 1 aliphatic carbocycles. The zero-order valence-corrected chi connectivity index (χ0v) is 13.9. The van der Waals surface area contributed by atoms with Gasteiger partial charge in [-0.2, -0.15) is 0 Å². The monoisotopic (exact) mass is 307 g/mol. The van der Waals surface area contributed by atoms with Gasteiger partial charge in [-0.3, -0.25) is 4.90 Å². The average molecular weight is 308 g/mol. The summed E-state index contributed by atoms with van der Waals surface area (Å²) in [5.74, 6) is 0. The molecule has 2 fully saturated rings. The van der Waals surface area contributed by atoms with Gasteiger partial charge in [-0.1, -0.05) is 17.7 Å². The highest BCUT2D eigenvalue weighted by molar-refractivity contribution is 6.30.